The topological polar surface area (TPSA) is 78.5 Å². The zero-order valence-corrected chi connectivity index (χ0v) is 16.3. The summed E-state index contributed by atoms with van der Waals surface area (Å²) in [6, 6.07) is 14.5. The van der Waals surface area contributed by atoms with E-state index in [-0.39, 0.29) is 11.9 Å². The Kier molecular flexibility index (Phi) is 4.11. The van der Waals surface area contributed by atoms with E-state index in [1.54, 1.807) is 42.5 Å². The zero-order chi connectivity index (χ0) is 19.2. The number of likely N-dealkylation sites (tertiary alicyclic amines) is 1. The molecule has 2 aromatic carbocycles. The van der Waals surface area contributed by atoms with E-state index in [9.17, 15) is 14.2 Å². The number of hydrogen-bond acceptors (Lipinski definition) is 3. The van der Waals surface area contributed by atoms with Gasteiger partial charge in [0.1, 0.15) is 7.14 Å². The van der Waals surface area contributed by atoms with Gasteiger partial charge in [0.05, 0.1) is 5.41 Å². The third-order valence-corrected chi connectivity index (χ3v) is 6.96. The van der Waals surface area contributed by atoms with Crippen LogP contribution in [0.1, 0.15) is 12.0 Å². The second-order valence-corrected chi connectivity index (χ2v) is 10.8. The molecule has 0 radical (unpaired) electrons. The minimum Gasteiger partial charge on any atom is -0.325 e. The highest BCUT2D eigenvalue weighted by atomic mass is 31.2. The standard InChI is InChI=1S/C20H22N3O3P/c1-27(2,26)15-9-7-14(8-10-15)21-19(25)23-12-11-20(13-23)16-5-3-4-6-17(16)22-18(20)24/h3-10H,11-13H2,1-2H3,(H,21,25)(H,22,24). The van der Waals surface area contributed by atoms with E-state index in [2.05, 4.69) is 10.6 Å². The summed E-state index contributed by atoms with van der Waals surface area (Å²) < 4.78 is 12.1. The van der Waals surface area contributed by atoms with Gasteiger partial charge in [-0.3, -0.25) is 4.79 Å². The Morgan fingerprint density at radius 3 is 2.56 bits per heavy atom. The van der Waals surface area contributed by atoms with E-state index < -0.39 is 12.6 Å². The van der Waals surface area contributed by atoms with E-state index in [4.69, 9.17) is 0 Å². The van der Waals surface area contributed by atoms with Crippen LogP contribution in [0.3, 0.4) is 0 Å². The van der Waals surface area contributed by atoms with Crippen LogP contribution in [0.4, 0.5) is 16.2 Å². The highest BCUT2D eigenvalue weighted by Gasteiger charge is 2.51. The fraction of sp³-hybridized carbons (Fsp3) is 0.300. The average molecular weight is 383 g/mol. The number of amides is 3. The highest BCUT2D eigenvalue weighted by Crippen LogP contribution is 2.44. The molecule has 2 aromatic rings. The third-order valence-electron chi connectivity index (χ3n) is 5.42. The molecule has 2 aliphatic rings. The van der Waals surface area contributed by atoms with E-state index in [0.717, 1.165) is 16.6 Å². The number of urea groups is 1. The van der Waals surface area contributed by atoms with Gasteiger partial charge in [-0.2, -0.15) is 0 Å². The maximum atomic E-state index is 12.7. The number of hydrogen-bond donors (Lipinski definition) is 2. The number of anilines is 2. The summed E-state index contributed by atoms with van der Waals surface area (Å²) in [7, 11) is -2.32. The lowest BCUT2D eigenvalue weighted by Gasteiger charge is -2.23. The van der Waals surface area contributed by atoms with Crippen molar-refractivity contribution in [2.75, 3.05) is 37.1 Å². The Balaban J connectivity index is 1.49. The van der Waals surface area contributed by atoms with Gasteiger partial charge in [-0.1, -0.05) is 18.2 Å². The van der Waals surface area contributed by atoms with Gasteiger partial charge in [0, 0.05) is 29.8 Å². The van der Waals surface area contributed by atoms with Gasteiger partial charge in [0.25, 0.3) is 0 Å². The van der Waals surface area contributed by atoms with Crippen molar-refractivity contribution in [3.05, 3.63) is 54.1 Å². The van der Waals surface area contributed by atoms with Crippen molar-refractivity contribution in [2.24, 2.45) is 0 Å². The zero-order valence-electron chi connectivity index (χ0n) is 15.4. The predicted molar refractivity (Wildman–Crippen MR) is 107 cm³/mol. The Labute approximate surface area is 158 Å². The monoisotopic (exact) mass is 383 g/mol. The van der Waals surface area contributed by atoms with Crippen LogP contribution in [0.15, 0.2) is 48.5 Å². The van der Waals surface area contributed by atoms with E-state index in [1.807, 2.05) is 24.3 Å². The van der Waals surface area contributed by atoms with E-state index in [0.29, 0.717) is 25.2 Å². The van der Waals surface area contributed by atoms with Crippen LogP contribution in [0.2, 0.25) is 0 Å². The van der Waals surface area contributed by atoms with Crippen LogP contribution in [0.25, 0.3) is 0 Å². The molecule has 0 saturated carbocycles. The molecular formula is C20H22N3O3P. The molecule has 1 spiro atoms. The molecule has 0 aromatic heterocycles. The Morgan fingerprint density at radius 1 is 1.15 bits per heavy atom. The number of nitrogens with one attached hydrogen (secondary N) is 2. The molecule has 140 valence electrons. The van der Waals surface area contributed by atoms with Crippen molar-refractivity contribution in [1.29, 1.82) is 0 Å². The third kappa shape index (κ3) is 3.04. The summed E-state index contributed by atoms with van der Waals surface area (Å²) >= 11 is 0. The average Bonchev–Trinajstić information content (AvgIpc) is 3.19. The molecule has 4 rings (SSSR count). The van der Waals surface area contributed by atoms with Gasteiger partial charge in [0.2, 0.25) is 5.91 Å². The maximum Gasteiger partial charge on any atom is 0.321 e. The largest absolute Gasteiger partial charge is 0.325 e. The number of rotatable bonds is 2. The highest BCUT2D eigenvalue weighted by molar-refractivity contribution is 7.70. The first-order valence-corrected chi connectivity index (χ1v) is 11.5. The number of benzene rings is 2. The van der Waals surface area contributed by atoms with Gasteiger partial charge in [-0.15, -0.1) is 0 Å². The van der Waals surface area contributed by atoms with Crippen molar-refractivity contribution in [3.63, 3.8) is 0 Å². The summed E-state index contributed by atoms with van der Waals surface area (Å²) in [5, 5.41) is 6.59. The maximum absolute atomic E-state index is 12.7. The van der Waals surface area contributed by atoms with Crippen LogP contribution >= 0.6 is 7.14 Å². The summed E-state index contributed by atoms with van der Waals surface area (Å²) in [6.45, 7) is 4.31. The molecule has 1 atom stereocenters. The molecule has 0 aliphatic carbocycles. The quantitative estimate of drug-likeness (QED) is 0.783. The Hall–Kier alpha value is -2.59. The molecule has 2 aliphatic heterocycles. The van der Waals surface area contributed by atoms with Crippen molar-refractivity contribution >= 4 is 35.8 Å². The van der Waals surface area contributed by atoms with Crippen molar-refractivity contribution < 1.29 is 14.2 Å². The Morgan fingerprint density at radius 2 is 1.85 bits per heavy atom. The van der Waals surface area contributed by atoms with Crippen LogP contribution in [-0.2, 0) is 14.8 Å². The molecule has 2 N–H and O–H groups in total. The van der Waals surface area contributed by atoms with Crippen molar-refractivity contribution in [1.82, 2.24) is 4.90 Å². The fourth-order valence-corrected chi connectivity index (χ4v) is 4.74. The van der Waals surface area contributed by atoms with E-state index >= 15 is 0 Å². The molecule has 27 heavy (non-hydrogen) atoms. The van der Waals surface area contributed by atoms with Gasteiger partial charge >= 0.3 is 6.03 Å². The smallest absolute Gasteiger partial charge is 0.321 e. The van der Waals surface area contributed by atoms with Crippen LogP contribution in [-0.4, -0.2) is 43.3 Å². The van der Waals surface area contributed by atoms with Crippen LogP contribution < -0.4 is 15.9 Å². The van der Waals surface area contributed by atoms with Gasteiger partial charge in [0.15, 0.2) is 0 Å². The second-order valence-electron chi connectivity index (χ2n) is 7.58. The first-order chi connectivity index (χ1) is 12.8. The normalized spacial score (nSPS) is 21.3. The number of para-hydroxylation sites is 1. The van der Waals surface area contributed by atoms with Crippen LogP contribution in [0, 0.1) is 0 Å². The first-order valence-electron chi connectivity index (χ1n) is 8.92. The molecule has 3 amide bonds. The minimum atomic E-state index is -2.32. The lowest BCUT2D eigenvalue weighted by Crippen LogP contribution is -2.40. The summed E-state index contributed by atoms with van der Waals surface area (Å²) in [6.07, 6.45) is 0.608. The summed E-state index contributed by atoms with van der Waals surface area (Å²) in [5.74, 6) is -0.0370. The summed E-state index contributed by atoms with van der Waals surface area (Å²) in [5.41, 5.74) is 1.80. The SMILES string of the molecule is CP(C)(=O)c1ccc(NC(=O)N2CCC3(C2)C(=O)Nc2ccccc23)cc1. The van der Waals surface area contributed by atoms with Crippen molar-refractivity contribution in [3.8, 4) is 0 Å². The molecule has 1 unspecified atom stereocenters. The van der Waals surface area contributed by atoms with Crippen LogP contribution in [0.5, 0.6) is 0 Å². The molecular weight excluding hydrogens is 361 g/mol. The van der Waals surface area contributed by atoms with Gasteiger partial charge in [-0.05, 0) is 55.6 Å². The predicted octanol–water partition coefficient (Wildman–Crippen LogP) is 3.06. The second kappa shape index (κ2) is 6.24. The molecule has 1 fully saturated rings. The minimum absolute atomic E-state index is 0.0370. The fourth-order valence-electron chi connectivity index (χ4n) is 3.87. The van der Waals surface area contributed by atoms with Crippen molar-refractivity contribution in [2.45, 2.75) is 11.8 Å². The molecule has 0 bridgehead atoms. The van der Waals surface area contributed by atoms with Gasteiger partial charge < -0.3 is 20.1 Å². The summed E-state index contributed by atoms with van der Waals surface area (Å²) in [4.78, 5) is 27.0. The molecule has 2 heterocycles. The molecule has 1 saturated heterocycles. The first kappa shape index (κ1) is 17.8. The molecule has 6 nitrogen and oxygen atoms in total. The number of carbonyl (C=O) groups excluding carboxylic acids is 2. The van der Waals surface area contributed by atoms with E-state index in [1.165, 1.54) is 0 Å². The number of fused-ring (bicyclic) bond motifs is 2. The number of nitrogens with zero attached hydrogens (tertiary/aromatic N) is 1. The van der Waals surface area contributed by atoms with Gasteiger partial charge in [-0.25, -0.2) is 4.79 Å². The number of carbonyl (C=O) groups is 2. The Bertz CT molecular complexity index is 967. The lowest BCUT2D eigenvalue weighted by atomic mass is 9.81. The lowest BCUT2D eigenvalue weighted by molar-refractivity contribution is -0.120. The molecule has 7 heteroatoms.